The monoisotopic (exact) mass is 377 g/mol. The molecule has 1 saturated heterocycles. The predicted octanol–water partition coefficient (Wildman–Crippen LogP) is 1.38. The van der Waals surface area contributed by atoms with Crippen molar-refractivity contribution < 1.29 is 4.79 Å². The standard InChI is InChI=1S/C14H19N5OS.2ClH/c1-19-9-10(6-18-19)11-7-15-8-12(11)14(20)17-3-2-13-16-4-5-21-13;;/h4-6,9,11-12,15H,2-3,7-8H2,1H3,(H,17,20);2*1H/t11-,12+;;/m1../s1. The van der Waals surface area contributed by atoms with Crippen LogP contribution in [0, 0.1) is 5.92 Å². The van der Waals surface area contributed by atoms with Gasteiger partial charge in [0.05, 0.1) is 17.1 Å². The van der Waals surface area contributed by atoms with E-state index in [0.29, 0.717) is 6.54 Å². The summed E-state index contributed by atoms with van der Waals surface area (Å²) in [5.41, 5.74) is 1.13. The molecule has 9 heteroatoms. The average Bonchev–Trinajstić information content (AvgIpc) is 3.18. The fraction of sp³-hybridized carbons (Fsp3) is 0.500. The van der Waals surface area contributed by atoms with E-state index in [0.717, 1.165) is 30.1 Å². The van der Waals surface area contributed by atoms with Crippen LogP contribution in [0.5, 0.6) is 0 Å². The number of hydrogen-bond acceptors (Lipinski definition) is 5. The van der Waals surface area contributed by atoms with E-state index in [1.807, 2.05) is 24.8 Å². The highest BCUT2D eigenvalue weighted by molar-refractivity contribution is 7.09. The molecule has 1 aliphatic rings. The van der Waals surface area contributed by atoms with Crippen molar-refractivity contribution in [1.82, 2.24) is 25.4 Å². The lowest BCUT2D eigenvalue weighted by atomic mass is 9.90. The summed E-state index contributed by atoms with van der Waals surface area (Å²) in [5, 5.41) is 13.6. The van der Waals surface area contributed by atoms with Crippen LogP contribution in [-0.4, -0.2) is 40.3 Å². The molecular formula is C14H21Cl2N5OS. The lowest BCUT2D eigenvalue weighted by Gasteiger charge is -2.16. The second-order valence-electron chi connectivity index (χ2n) is 5.29. The second-order valence-corrected chi connectivity index (χ2v) is 6.26. The first kappa shape index (κ1) is 19.9. The Bertz CT molecular complexity index is 604. The van der Waals surface area contributed by atoms with Crippen LogP contribution < -0.4 is 10.6 Å². The summed E-state index contributed by atoms with van der Waals surface area (Å²) >= 11 is 1.62. The average molecular weight is 378 g/mol. The Labute approximate surface area is 151 Å². The van der Waals surface area contributed by atoms with Crippen LogP contribution >= 0.6 is 36.2 Å². The summed E-state index contributed by atoms with van der Waals surface area (Å²) in [4.78, 5) is 16.6. The smallest absolute Gasteiger partial charge is 0.225 e. The lowest BCUT2D eigenvalue weighted by molar-refractivity contribution is -0.124. The highest BCUT2D eigenvalue weighted by Crippen LogP contribution is 2.27. The van der Waals surface area contributed by atoms with Gasteiger partial charge in [-0.15, -0.1) is 36.2 Å². The zero-order valence-electron chi connectivity index (χ0n) is 12.8. The molecule has 0 unspecified atom stereocenters. The number of amides is 1. The number of carbonyl (C=O) groups excluding carboxylic acids is 1. The third-order valence-electron chi connectivity index (χ3n) is 3.83. The molecule has 0 spiro atoms. The Hall–Kier alpha value is -1.15. The predicted molar refractivity (Wildman–Crippen MR) is 95.6 cm³/mol. The number of rotatable bonds is 5. The summed E-state index contributed by atoms with van der Waals surface area (Å²) in [7, 11) is 1.90. The number of nitrogens with one attached hydrogen (secondary N) is 2. The number of hydrogen-bond donors (Lipinski definition) is 2. The summed E-state index contributed by atoms with van der Waals surface area (Å²) in [6.45, 7) is 2.20. The molecule has 128 valence electrons. The van der Waals surface area contributed by atoms with Crippen molar-refractivity contribution in [2.24, 2.45) is 13.0 Å². The molecule has 2 atom stereocenters. The minimum atomic E-state index is -0.0227. The van der Waals surface area contributed by atoms with Crippen molar-refractivity contribution in [3.8, 4) is 0 Å². The number of halogens is 2. The molecular weight excluding hydrogens is 357 g/mol. The van der Waals surface area contributed by atoms with Crippen molar-refractivity contribution in [2.75, 3.05) is 19.6 Å². The van der Waals surface area contributed by atoms with E-state index in [1.54, 1.807) is 22.2 Å². The molecule has 2 N–H and O–H groups in total. The minimum absolute atomic E-state index is 0. The lowest BCUT2D eigenvalue weighted by Crippen LogP contribution is -2.35. The normalized spacial score (nSPS) is 19.7. The Kier molecular flexibility index (Phi) is 7.98. The molecule has 6 nitrogen and oxygen atoms in total. The second kappa shape index (κ2) is 9.22. The summed E-state index contributed by atoms with van der Waals surface area (Å²) in [6.07, 6.45) is 6.43. The van der Waals surface area contributed by atoms with Crippen LogP contribution in [-0.2, 0) is 18.3 Å². The zero-order chi connectivity index (χ0) is 14.7. The molecule has 2 aromatic heterocycles. The largest absolute Gasteiger partial charge is 0.355 e. The fourth-order valence-electron chi connectivity index (χ4n) is 2.74. The van der Waals surface area contributed by atoms with E-state index >= 15 is 0 Å². The van der Waals surface area contributed by atoms with Gasteiger partial charge in [0.2, 0.25) is 5.91 Å². The molecule has 1 aliphatic heterocycles. The van der Waals surface area contributed by atoms with Gasteiger partial charge in [-0.1, -0.05) is 0 Å². The number of thiazole rings is 1. The van der Waals surface area contributed by atoms with Crippen molar-refractivity contribution in [3.63, 3.8) is 0 Å². The Morgan fingerprint density at radius 2 is 2.30 bits per heavy atom. The summed E-state index contributed by atoms with van der Waals surface area (Å²) in [6, 6.07) is 0. The van der Waals surface area contributed by atoms with Crippen molar-refractivity contribution >= 4 is 42.1 Å². The van der Waals surface area contributed by atoms with Gasteiger partial charge < -0.3 is 10.6 Å². The molecule has 0 aromatic carbocycles. The first-order chi connectivity index (χ1) is 10.2. The number of aryl methyl sites for hydroxylation is 1. The first-order valence-electron chi connectivity index (χ1n) is 7.09. The summed E-state index contributed by atoms with van der Waals surface area (Å²) in [5.74, 6) is 0.300. The molecule has 3 rings (SSSR count). The first-order valence-corrected chi connectivity index (χ1v) is 7.97. The van der Waals surface area contributed by atoms with Gasteiger partial charge in [0, 0.05) is 56.8 Å². The zero-order valence-corrected chi connectivity index (χ0v) is 15.2. The number of aromatic nitrogens is 3. The van der Waals surface area contributed by atoms with Crippen LogP contribution in [0.4, 0.5) is 0 Å². The van der Waals surface area contributed by atoms with Crippen molar-refractivity contribution in [3.05, 3.63) is 34.5 Å². The van der Waals surface area contributed by atoms with Gasteiger partial charge in [-0.05, 0) is 5.56 Å². The number of carbonyl (C=O) groups is 1. The van der Waals surface area contributed by atoms with E-state index in [2.05, 4.69) is 20.7 Å². The highest BCUT2D eigenvalue weighted by atomic mass is 35.5. The van der Waals surface area contributed by atoms with Gasteiger partial charge in [0.15, 0.2) is 0 Å². The van der Waals surface area contributed by atoms with E-state index in [1.165, 1.54) is 0 Å². The Balaban J connectivity index is 0.00000132. The van der Waals surface area contributed by atoms with Gasteiger partial charge in [-0.25, -0.2) is 4.98 Å². The molecule has 3 heterocycles. The Morgan fingerprint density at radius 1 is 1.48 bits per heavy atom. The van der Waals surface area contributed by atoms with Crippen LogP contribution in [0.3, 0.4) is 0 Å². The maximum absolute atomic E-state index is 12.4. The van der Waals surface area contributed by atoms with Gasteiger partial charge >= 0.3 is 0 Å². The molecule has 2 aromatic rings. The molecule has 23 heavy (non-hydrogen) atoms. The van der Waals surface area contributed by atoms with E-state index in [-0.39, 0.29) is 42.6 Å². The summed E-state index contributed by atoms with van der Waals surface area (Å²) < 4.78 is 1.78. The van der Waals surface area contributed by atoms with Gasteiger partial charge in [-0.2, -0.15) is 5.10 Å². The van der Waals surface area contributed by atoms with Crippen molar-refractivity contribution in [2.45, 2.75) is 12.3 Å². The van der Waals surface area contributed by atoms with Crippen molar-refractivity contribution in [1.29, 1.82) is 0 Å². The third-order valence-corrected chi connectivity index (χ3v) is 4.66. The number of nitrogens with zero attached hydrogens (tertiary/aromatic N) is 3. The molecule has 1 amide bonds. The van der Waals surface area contributed by atoms with Crippen LogP contribution in [0.1, 0.15) is 16.5 Å². The van der Waals surface area contributed by atoms with Gasteiger partial charge in [0.25, 0.3) is 0 Å². The fourth-order valence-corrected chi connectivity index (χ4v) is 3.36. The van der Waals surface area contributed by atoms with E-state index in [9.17, 15) is 4.79 Å². The topological polar surface area (TPSA) is 71.8 Å². The molecule has 1 fully saturated rings. The van der Waals surface area contributed by atoms with Gasteiger partial charge in [-0.3, -0.25) is 9.48 Å². The molecule has 0 aliphatic carbocycles. The minimum Gasteiger partial charge on any atom is -0.355 e. The molecule has 0 saturated carbocycles. The molecule has 0 bridgehead atoms. The SMILES string of the molecule is Cl.Cl.Cn1cc([C@H]2CNC[C@@H]2C(=O)NCCc2nccs2)cn1. The van der Waals surface area contributed by atoms with Gasteiger partial charge in [0.1, 0.15) is 0 Å². The van der Waals surface area contributed by atoms with E-state index in [4.69, 9.17) is 0 Å². The van der Waals surface area contributed by atoms with Crippen LogP contribution in [0.15, 0.2) is 24.0 Å². The maximum Gasteiger partial charge on any atom is 0.225 e. The molecule has 0 radical (unpaired) electrons. The van der Waals surface area contributed by atoms with Crippen LogP contribution in [0.2, 0.25) is 0 Å². The van der Waals surface area contributed by atoms with E-state index < -0.39 is 0 Å². The maximum atomic E-state index is 12.4. The third kappa shape index (κ3) is 4.91. The quantitative estimate of drug-likeness (QED) is 0.825. The Morgan fingerprint density at radius 3 is 2.96 bits per heavy atom. The highest BCUT2D eigenvalue weighted by Gasteiger charge is 2.34. The van der Waals surface area contributed by atoms with Crippen LogP contribution in [0.25, 0.3) is 0 Å².